The van der Waals surface area contributed by atoms with E-state index in [1.807, 2.05) is 40.7 Å². The van der Waals surface area contributed by atoms with E-state index in [2.05, 4.69) is 49.8 Å². The number of nitrogens with zero attached hydrogens (tertiary/aromatic N) is 8. The van der Waals surface area contributed by atoms with E-state index in [1.165, 1.54) is 107 Å². The normalized spacial score (nSPS) is 25.7. The van der Waals surface area contributed by atoms with Crippen LogP contribution < -0.4 is 21.3 Å². The lowest BCUT2D eigenvalue weighted by molar-refractivity contribution is -0.160. The van der Waals surface area contributed by atoms with Crippen molar-refractivity contribution in [2.45, 2.75) is 193 Å². The molecule has 0 spiro atoms. The van der Waals surface area contributed by atoms with Gasteiger partial charge in [0.2, 0.25) is 70.9 Å². The lowest BCUT2D eigenvalue weighted by atomic mass is 9.94. The van der Waals surface area contributed by atoms with Gasteiger partial charge in [-0.3, -0.25) is 57.5 Å². The number of hydrogen-bond donors (Lipinski definition) is 4. The Morgan fingerprint density at radius 1 is 0.663 bits per heavy atom. The summed E-state index contributed by atoms with van der Waals surface area (Å²) >= 11 is 2.10. The number of piperidine rings is 1. The molecule has 10 atom stereocenters. The molecule has 0 bridgehead atoms. The molecule has 5 rings (SSSR count). The van der Waals surface area contributed by atoms with Crippen LogP contribution in [0, 0.1) is 39.5 Å². The van der Waals surface area contributed by atoms with Crippen LogP contribution >= 0.6 is 22.6 Å². The number of halogens is 2. The molecule has 4 N–H and O–H groups in total. The third-order valence-electron chi connectivity index (χ3n) is 18.8. The highest BCUT2D eigenvalue weighted by molar-refractivity contribution is 14.1. The molecule has 95 heavy (non-hydrogen) atoms. The van der Waals surface area contributed by atoms with Crippen LogP contribution in [-0.4, -0.2) is 238 Å². The average Bonchev–Trinajstić information content (AvgIpc) is 0.743. The molecule has 0 aliphatic carbocycles. The SMILES string of the molecule is C#CC[C@@H]1NC(=O)[C@H](Cc2cccc(I)c2)NC(=O)CN(C)C(=O)[C@H](Cc2ccc(F)cc2)N(C)C(=O)C2CCN2C(=O)[C@H](C)N(C)C(=O)[C@H]([C@@H](C)CC)NC(=O)[C@H](CC(C)C)N(C)C(=O)C[C@@H](C(=O)N2CCCCC2)N(C)C(=O)[C@H](CC(C)C)NC(=O)C(C)(C)N(C)C1=O. The van der Waals surface area contributed by atoms with E-state index in [-0.39, 0.29) is 56.9 Å². The van der Waals surface area contributed by atoms with Gasteiger partial charge >= 0.3 is 0 Å². The van der Waals surface area contributed by atoms with Gasteiger partial charge in [-0.05, 0) is 135 Å². The summed E-state index contributed by atoms with van der Waals surface area (Å²) in [4.78, 5) is 187. The van der Waals surface area contributed by atoms with Crippen LogP contribution in [0.5, 0.6) is 0 Å². The maximum atomic E-state index is 15.1. The van der Waals surface area contributed by atoms with Gasteiger partial charge in [0, 0.05) is 84.8 Å². The molecular weight excluding hydrogens is 1330 g/mol. The molecule has 0 radical (unpaired) electrons. The maximum absolute atomic E-state index is 15.1. The molecular formula is C69H100FIN12O12. The van der Waals surface area contributed by atoms with Crippen LogP contribution in [0.15, 0.2) is 48.5 Å². The molecule has 2 aromatic carbocycles. The zero-order valence-corrected chi connectivity index (χ0v) is 60.1. The van der Waals surface area contributed by atoms with E-state index < -0.39 is 156 Å². The van der Waals surface area contributed by atoms with Gasteiger partial charge in [0.05, 0.1) is 13.0 Å². The van der Waals surface area contributed by atoms with Crippen LogP contribution in [0.25, 0.3) is 0 Å². The monoisotopic (exact) mass is 1430 g/mol. The van der Waals surface area contributed by atoms with Crippen molar-refractivity contribution in [1.29, 1.82) is 0 Å². The molecule has 12 amide bonds. The number of amides is 12. The van der Waals surface area contributed by atoms with Crippen molar-refractivity contribution in [3.63, 3.8) is 0 Å². The second kappa shape index (κ2) is 34.8. The Balaban J connectivity index is 1.63. The number of nitrogens with one attached hydrogen (secondary N) is 4. The second-order valence-electron chi connectivity index (χ2n) is 27.1. The molecule has 3 heterocycles. The zero-order valence-electron chi connectivity index (χ0n) is 58.0. The number of carbonyl (C=O) groups excluding carboxylic acids is 12. The third-order valence-corrected chi connectivity index (χ3v) is 19.5. The number of hydrogen-bond acceptors (Lipinski definition) is 12. The first-order chi connectivity index (χ1) is 44.5. The predicted octanol–water partition coefficient (Wildman–Crippen LogP) is 3.36. The van der Waals surface area contributed by atoms with E-state index in [0.717, 1.165) is 24.7 Å². The molecule has 3 aliphatic heterocycles. The Morgan fingerprint density at radius 3 is 1.86 bits per heavy atom. The Bertz CT molecular complexity index is 3170. The highest BCUT2D eigenvalue weighted by Crippen LogP contribution is 2.27. The van der Waals surface area contributed by atoms with Gasteiger partial charge in [-0.15, -0.1) is 12.3 Å². The Morgan fingerprint density at radius 2 is 1.29 bits per heavy atom. The number of carbonyl (C=O) groups is 12. The van der Waals surface area contributed by atoms with Crippen molar-refractivity contribution in [3.8, 4) is 12.3 Å². The van der Waals surface area contributed by atoms with E-state index in [4.69, 9.17) is 6.42 Å². The molecule has 1 unspecified atom stereocenters. The topological polar surface area (TPSA) is 279 Å². The highest BCUT2D eigenvalue weighted by atomic mass is 127. The number of terminal acetylenes is 1. The minimum Gasteiger partial charge on any atom is -0.342 e. The lowest BCUT2D eigenvalue weighted by Gasteiger charge is -2.45. The fourth-order valence-corrected chi connectivity index (χ4v) is 12.5. The Labute approximate surface area is 573 Å². The number of rotatable bonds is 12. The molecule has 3 aliphatic rings. The van der Waals surface area contributed by atoms with Crippen molar-refractivity contribution >= 4 is 93.5 Å². The summed E-state index contributed by atoms with van der Waals surface area (Å²) < 4.78 is 15.1. The van der Waals surface area contributed by atoms with E-state index in [0.29, 0.717) is 43.5 Å². The molecule has 24 nitrogen and oxygen atoms in total. The standard InChI is InChI=1S/C69H100FIN12O12/c1-17-23-49-63(90)81(16)69(9,10)68(95)74-51(34-41(3)4)62(89)79(14)55(66(93)82-31-20-19-21-32-82)39-57(85)78(13)53(35-42(5)6)60(87)75-58(43(7)18-2)67(94)77(12)44(8)61(88)83-33-30-52(83)65(92)80(15)54(38-45-26-28-47(70)29-27-45)64(91)76(11)40-56(84)72-50(59(86)73-49)37-46-24-22-25-48(71)36-46/h1,22,24-29,36,41-44,49-55,58H,18-21,23,30-35,37-40H2,2-16H3,(H,72,84)(H,73,86)(H,74,95)(H,75,87)/t43-,44-,49-,50-,51-,52?,53-,54-,55-,58-/m0/s1. The molecule has 26 heteroatoms. The van der Waals surface area contributed by atoms with Gasteiger partial charge in [0.15, 0.2) is 0 Å². The highest BCUT2D eigenvalue weighted by Gasteiger charge is 2.47. The molecule has 0 aromatic heterocycles. The predicted molar refractivity (Wildman–Crippen MR) is 364 cm³/mol. The van der Waals surface area contributed by atoms with Crippen molar-refractivity contribution in [1.82, 2.24) is 60.5 Å². The Kier molecular flexibility index (Phi) is 28.6. The quantitative estimate of drug-likeness (QED) is 0.176. The first kappa shape index (κ1) is 78.0. The smallest absolute Gasteiger partial charge is 0.246 e. The lowest BCUT2D eigenvalue weighted by Crippen LogP contribution is -2.65. The summed E-state index contributed by atoms with van der Waals surface area (Å²) in [5.74, 6) is -7.55. The fourth-order valence-electron chi connectivity index (χ4n) is 11.9. The van der Waals surface area contributed by atoms with E-state index in [9.17, 15) is 57.1 Å². The first-order valence-electron chi connectivity index (χ1n) is 32.9. The summed E-state index contributed by atoms with van der Waals surface area (Å²) in [6, 6.07) is 0.717. The van der Waals surface area contributed by atoms with Crippen molar-refractivity contribution in [2.24, 2.45) is 17.8 Å². The van der Waals surface area contributed by atoms with Crippen LogP contribution in [0.1, 0.15) is 131 Å². The van der Waals surface area contributed by atoms with Gasteiger partial charge < -0.3 is 60.5 Å². The summed E-state index contributed by atoms with van der Waals surface area (Å²) in [6.07, 6.45) is 7.58. The van der Waals surface area contributed by atoms with Gasteiger partial charge in [-0.2, -0.15) is 0 Å². The fraction of sp³-hybridized carbons (Fsp3) is 0.623. The third kappa shape index (κ3) is 20.2. The maximum Gasteiger partial charge on any atom is 0.246 e. The molecule has 522 valence electrons. The van der Waals surface area contributed by atoms with Gasteiger partial charge in [0.1, 0.15) is 65.7 Å². The van der Waals surface area contributed by atoms with Gasteiger partial charge in [-0.25, -0.2) is 4.39 Å². The first-order valence-corrected chi connectivity index (χ1v) is 33.9. The number of fused-ring (bicyclic) bond motifs is 1. The van der Waals surface area contributed by atoms with E-state index >= 15 is 4.79 Å². The van der Waals surface area contributed by atoms with Crippen LogP contribution in [0.2, 0.25) is 0 Å². The molecule has 3 fully saturated rings. The zero-order chi connectivity index (χ0) is 71.1. The second-order valence-corrected chi connectivity index (χ2v) is 28.3. The van der Waals surface area contributed by atoms with Crippen molar-refractivity contribution in [3.05, 3.63) is 69.0 Å². The minimum atomic E-state index is -1.77. The van der Waals surface area contributed by atoms with Crippen LogP contribution in [0.3, 0.4) is 0 Å². The molecule has 0 saturated carbocycles. The summed E-state index contributed by atoms with van der Waals surface area (Å²) in [7, 11) is 8.25. The summed E-state index contributed by atoms with van der Waals surface area (Å²) in [5, 5.41) is 11.2. The van der Waals surface area contributed by atoms with Crippen molar-refractivity contribution in [2.75, 3.05) is 68.5 Å². The summed E-state index contributed by atoms with van der Waals surface area (Å²) in [5.41, 5.74) is -0.708. The summed E-state index contributed by atoms with van der Waals surface area (Å²) in [6.45, 7) is 15.5. The number of benzene rings is 2. The molecule has 3 saturated heterocycles. The van der Waals surface area contributed by atoms with Crippen molar-refractivity contribution < 1.29 is 61.9 Å². The van der Waals surface area contributed by atoms with Crippen LogP contribution in [-0.2, 0) is 70.4 Å². The van der Waals surface area contributed by atoms with Crippen LogP contribution in [0.4, 0.5) is 4.39 Å². The average molecular weight is 1440 g/mol. The Hall–Kier alpha value is -7.70. The number of likely N-dealkylation sites (N-methyl/N-ethyl adjacent to an activating group) is 6. The van der Waals surface area contributed by atoms with Gasteiger partial charge in [-0.1, -0.05) is 72.2 Å². The largest absolute Gasteiger partial charge is 0.342 e. The molecule has 2 aromatic rings. The number of likely N-dealkylation sites (tertiary alicyclic amines) is 1. The van der Waals surface area contributed by atoms with E-state index in [1.54, 1.807) is 30.0 Å². The minimum absolute atomic E-state index is 0.0509. The van der Waals surface area contributed by atoms with Gasteiger partial charge in [0.25, 0.3) is 0 Å².